The van der Waals surface area contributed by atoms with Crippen molar-refractivity contribution in [3.8, 4) is 22.9 Å². The molecule has 0 saturated carbocycles. The highest BCUT2D eigenvalue weighted by atomic mass is 16.5. The Hall–Kier alpha value is -2.35. The van der Waals surface area contributed by atoms with Crippen molar-refractivity contribution >= 4 is 5.69 Å². The summed E-state index contributed by atoms with van der Waals surface area (Å²) in [4.78, 5) is 0. The van der Waals surface area contributed by atoms with Crippen LogP contribution in [0.2, 0.25) is 0 Å². The van der Waals surface area contributed by atoms with E-state index in [2.05, 4.69) is 15.5 Å². The van der Waals surface area contributed by atoms with Gasteiger partial charge in [0, 0.05) is 26.3 Å². The number of aromatic nitrogens is 4. The zero-order valence-corrected chi connectivity index (χ0v) is 12.4. The monoisotopic (exact) mass is 293 g/mol. The van der Waals surface area contributed by atoms with Crippen molar-refractivity contribution in [3.63, 3.8) is 0 Å². The van der Waals surface area contributed by atoms with E-state index in [1.165, 1.54) is 0 Å². The van der Waals surface area contributed by atoms with Crippen molar-refractivity contribution in [2.24, 2.45) is 0 Å². The molecule has 0 aliphatic carbocycles. The second kappa shape index (κ2) is 6.89. The van der Waals surface area contributed by atoms with E-state index < -0.39 is 0 Å². The van der Waals surface area contributed by atoms with E-state index in [0.29, 0.717) is 41.7 Å². The molecule has 2 N–H and O–H groups in total. The Bertz CT molecular complexity index is 599. The Morgan fingerprint density at radius 3 is 2.67 bits per heavy atom. The molecule has 8 heteroatoms. The van der Waals surface area contributed by atoms with E-state index in [1.807, 2.05) is 0 Å². The molecule has 0 amide bonds. The fourth-order valence-corrected chi connectivity index (χ4v) is 1.98. The predicted molar refractivity (Wildman–Crippen MR) is 77.3 cm³/mol. The molecule has 1 heterocycles. The molecule has 0 fully saturated rings. The summed E-state index contributed by atoms with van der Waals surface area (Å²) in [6.07, 6.45) is 0.801. The summed E-state index contributed by atoms with van der Waals surface area (Å²) in [5.74, 6) is 1.72. The van der Waals surface area contributed by atoms with E-state index in [4.69, 9.17) is 19.9 Å². The number of rotatable bonds is 7. The van der Waals surface area contributed by atoms with Crippen LogP contribution >= 0.6 is 0 Å². The van der Waals surface area contributed by atoms with Gasteiger partial charge < -0.3 is 19.9 Å². The summed E-state index contributed by atoms with van der Waals surface area (Å²) in [5.41, 5.74) is 7.27. The lowest BCUT2D eigenvalue weighted by atomic mass is 10.1. The first-order valence-corrected chi connectivity index (χ1v) is 6.48. The van der Waals surface area contributed by atoms with Crippen LogP contribution in [0.5, 0.6) is 11.5 Å². The van der Waals surface area contributed by atoms with Crippen molar-refractivity contribution in [2.45, 2.75) is 13.0 Å². The topological polar surface area (TPSA) is 97.3 Å². The lowest BCUT2D eigenvalue weighted by Crippen LogP contribution is -2.07. The van der Waals surface area contributed by atoms with Gasteiger partial charge in [0.05, 0.1) is 25.5 Å². The number of hydrogen-bond donors (Lipinski definition) is 1. The Labute approximate surface area is 122 Å². The van der Waals surface area contributed by atoms with Gasteiger partial charge in [-0.05, 0) is 22.9 Å². The predicted octanol–water partition coefficient (Wildman–Crippen LogP) is 0.976. The molecule has 0 radical (unpaired) electrons. The molecule has 1 aromatic heterocycles. The molecule has 0 aliphatic rings. The zero-order chi connectivity index (χ0) is 15.2. The number of benzene rings is 1. The number of aryl methyl sites for hydroxylation is 1. The number of nitrogens with zero attached hydrogens (tertiary/aromatic N) is 4. The van der Waals surface area contributed by atoms with Gasteiger partial charge in [-0.3, -0.25) is 0 Å². The number of methoxy groups -OCH3 is 3. The molecular formula is C13H19N5O3. The van der Waals surface area contributed by atoms with E-state index in [0.717, 1.165) is 6.42 Å². The smallest absolute Gasteiger partial charge is 0.184 e. The van der Waals surface area contributed by atoms with Gasteiger partial charge in [-0.15, -0.1) is 5.10 Å². The number of hydrogen-bond acceptors (Lipinski definition) is 7. The van der Waals surface area contributed by atoms with Crippen LogP contribution in [0.4, 0.5) is 5.69 Å². The summed E-state index contributed by atoms with van der Waals surface area (Å²) in [6.45, 7) is 1.27. The van der Waals surface area contributed by atoms with Crippen molar-refractivity contribution in [3.05, 3.63) is 12.1 Å². The molecule has 114 valence electrons. The molecule has 0 bridgehead atoms. The summed E-state index contributed by atoms with van der Waals surface area (Å²) >= 11 is 0. The highest BCUT2D eigenvalue weighted by Gasteiger charge is 2.17. The summed E-state index contributed by atoms with van der Waals surface area (Å²) in [7, 11) is 4.79. The molecule has 0 aliphatic heterocycles. The van der Waals surface area contributed by atoms with Crippen LogP contribution in [-0.2, 0) is 11.3 Å². The molecule has 8 nitrogen and oxygen atoms in total. The Balaban J connectivity index is 2.39. The van der Waals surface area contributed by atoms with E-state index in [9.17, 15) is 0 Å². The maximum Gasteiger partial charge on any atom is 0.184 e. The molecule has 2 rings (SSSR count). The minimum absolute atomic E-state index is 0.473. The third-order valence-electron chi connectivity index (χ3n) is 3.06. The summed E-state index contributed by atoms with van der Waals surface area (Å²) < 4.78 is 17.2. The Morgan fingerprint density at radius 1 is 1.19 bits per heavy atom. The van der Waals surface area contributed by atoms with Gasteiger partial charge in [-0.2, -0.15) is 0 Å². The molecule has 1 aromatic carbocycles. The molecule has 0 unspecified atom stereocenters. The second-order valence-electron chi connectivity index (χ2n) is 4.36. The Morgan fingerprint density at radius 2 is 2.00 bits per heavy atom. The van der Waals surface area contributed by atoms with Crippen LogP contribution in [0.15, 0.2) is 12.1 Å². The van der Waals surface area contributed by atoms with Crippen LogP contribution in [0.1, 0.15) is 6.42 Å². The van der Waals surface area contributed by atoms with Crippen LogP contribution < -0.4 is 15.2 Å². The maximum absolute atomic E-state index is 6.12. The number of anilines is 1. The summed E-state index contributed by atoms with van der Waals surface area (Å²) in [5, 5.41) is 11.7. The quantitative estimate of drug-likeness (QED) is 0.600. The normalized spacial score (nSPS) is 10.6. The molecule has 0 spiro atoms. The van der Waals surface area contributed by atoms with Crippen LogP contribution in [0.3, 0.4) is 0 Å². The first kappa shape index (κ1) is 15.0. The highest BCUT2D eigenvalue weighted by Crippen LogP contribution is 2.36. The van der Waals surface area contributed by atoms with Gasteiger partial charge in [0.15, 0.2) is 5.82 Å². The average Bonchev–Trinajstić information content (AvgIpc) is 2.96. The average molecular weight is 293 g/mol. The summed E-state index contributed by atoms with van der Waals surface area (Å²) in [6, 6.07) is 3.51. The standard InChI is InChI=1S/C13H19N5O3/c1-19-6-4-5-18-13(15-16-17-18)10-7-9(20-2)8-11(21-3)12(10)14/h7-8H,4-6,14H2,1-3H3. The number of tetrazole rings is 1. The minimum Gasteiger partial charge on any atom is -0.497 e. The molecule has 2 aromatic rings. The third kappa shape index (κ3) is 3.22. The second-order valence-corrected chi connectivity index (χ2v) is 4.36. The minimum atomic E-state index is 0.473. The largest absolute Gasteiger partial charge is 0.497 e. The lowest BCUT2D eigenvalue weighted by molar-refractivity contribution is 0.189. The SMILES string of the molecule is COCCCn1nnnc1-c1cc(OC)cc(OC)c1N. The van der Waals surface area contributed by atoms with Gasteiger partial charge in [-0.1, -0.05) is 0 Å². The van der Waals surface area contributed by atoms with Gasteiger partial charge in [-0.25, -0.2) is 4.68 Å². The van der Waals surface area contributed by atoms with Gasteiger partial charge in [0.1, 0.15) is 11.5 Å². The highest BCUT2D eigenvalue weighted by molar-refractivity contribution is 5.78. The van der Waals surface area contributed by atoms with E-state index in [1.54, 1.807) is 38.1 Å². The molecule has 21 heavy (non-hydrogen) atoms. The van der Waals surface area contributed by atoms with Crippen molar-refractivity contribution in [1.82, 2.24) is 20.2 Å². The van der Waals surface area contributed by atoms with Gasteiger partial charge in [0.25, 0.3) is 0 Å². The van der Waals surface area contributed by atoms with E-state index >= 15 is 0 Å². The third-order valence-corrected chi connectivity index (χ3v) is 3.06. The molecular weight excluding hydrogens is 274 g/mol. The van der Waals surface area contributed by atoms with Gasteiger partial charge >= 0.3 is 0 Å². The number of nitrogens with two attached hydrogens (primary N) is 1. The van der Waals surface area contributed by atoms with E-state index in [-0.39, 0.29) is 0 Å². The fourth-order valence-electron chi connectivity index (χ4n) is 1.98. The molecule has 0 atom stereocenters. The van der Waals surface area contributed by atoms with Crippen molar-refractivity contribution in [2.75, 3.05) is 33.7 Å². The van der Waals surface area contributed by atoms with Crippen molar-refractivity contribution < 1.29 is 14.2 Å². The number of nitrogen functional groups attached to an aromatic ring is 1. The molecule has 0 saturated heterocycles. The van der Waals surface area contributed by atoms with Crippen LogP contribution in [0.25, 0.3) is 11.4 Å². The van der Waals surface area contributed by atoms with Crippen molar-refractivity contribution in [1.29, 1.82) is 0 Å². The Kier molecular flexibility index (Phi) is 4.94. The lowest BCUT2D eigenvalue weighted by Gasteiger charge is -2.12. The first-order chi connectivity index (χ1) is 10.2. The maximum atomic E-state index is 6.12. The fraction of sp³-hybridized carbons (Fsp3) is 0.462. The van der Waals surface area contributed by atoms with Gasteiger partial charge in [0.2, 0.25) is 0 Å². The number of ether oxygens (including phenoxy) is 3. The first-order valence-electron chi connectivity index (χ1n) is 6.48. The van der Waals surface area contributed by atoms with Crippen LogP contribution in [-0.4, -0.2) is 48.1 Å². The zero-order valence-electron chi connectivity index (χ0n) is 12.4. The van der Waals surface area contributed by atoms with Crippen LogP contribution in [0, 0.1) is 0 Å².